The minimum atomic E-state index is 0.0556. The lowest BCUT2D eigenvalue weighted by atomic mass is 10.3. The molecule has 1 heterocycles. The second kappa shape index (κ2) is 8.66. The van der Waals surface area contributed by atoms with E-state index in [1.807, 2.05) is 17.8 Å². The number of rotatable bonds is 9. The number of aryl methyl sites for hydroxylation is 1. The van der Waals surface area contributed by atoms with Gasteiger partial charge in [0.25, 0.3) is 0 Å². The van der Waals surface area contributed by atoms with E-state index in [0.717, 1.165) is 13.0 Å². The summed E-state index contributed by atoms with van der Waals surface area (Å²) in [6.07, 6.45) is 3.20. The quantitative estimate of drug-likeness (QED) is 0.594. The molecule has 0 unspecified atom stereocenters. The molecular weight excluding hydrogens is 232 g/mol. The molecule has 1 rings (SSSR count). The number of hydrogen-bond donors (Lipinski definition) is 2. The second-order valence-corrected chi connectivity index (χ2v) is 4.04. The van der Waals surface area contributed by atoms with Gasteiger partial charge in [0, 0.05) is 58.5 Å². The number of amides is 1. The van der Waals surface area contributed by atoms with Crippen LogP contribution in [0.4, 0.5) is 0 Å². The Morgan fingerprint density at radius 3 is 2.94 bits per heavy atom. The highest BCUT2D eigenvalue weighted by Crippen LogP contribution is 1.95. The Morgan fingerprint density at radius 1 is 1.44 bits per heavy atom. The highest BCUT2D eigenvalue weighted by atomic mass is 16.5. The molecular formula is C12H22N4O2. The van der Waals surface area contributed by atoms with Gasteiger partial charge < -0.3 is 15.4 Å². The van der Waals surface area contributed by atoms with Crippen molar-refractivity contribution in [3.63, 3.8) is 0 Å². The summed E-state index contributed by atoms with van der Waals surface area (Å²) in [5.41, 5.74) is 1.19. The SMILES string of the molecule is COCCNC(=O)CCNCCc1ccnn1C. The van der Waals surface area contributed by atoms with Crippen LogP contribution in [-0.4, -0.2) is 49.0 Å². The van der Waals surface area contributed by atoms with Crippen LogP contribution in [0, 0.1) is 0 Å². The lowest BCUT2D eigenvalue weighted by Gasteiger charge is -2.06. The third-order valence-corrected chi connectivity index (χ3v) is 2.64. The Bertz CT molecular complexity index is 352. The molecule has 18 heavy (non-hydrogen) atoms. The van der Waals surface area contributed by atoms with E-state index in [0.29, 0.717) is 26.1 Å². The van der Waals surface area contributed by atoms with Crippen LogP contribution in [0.2, 0.25) is 0 Å². The zero-order valence-corrected chi connectivity index (χ0v) is 11.1. The minimum absolute atomic E-state index is 0.0556. The molecule has 1 aromatic heterocycles. The van der Waals surface area contributed by atoms with Crippen LogP contribution in [0.25, 0.3) is 0 Å². The summed E-state index contributed by atoms with van der Waals surface area (Å²) in [7, 11) is 3.55. The van der Waals surface area contributed by atoms with Gasteiger partial charge in [-0.25, -0.2) is 0 Å². The molecule has 102 valence electrons. The van der Waals surface area contributed by atoms with Gasteiger partial charge in [0.15, 0.2) is 0 Å². The maximum absolute atomic E-state index is 11.3. The van der Waals surface area contributed by atoms with Gasteiger partial charge in [0.05, 0.1) is 6.61 Å². The van der Waals surface area contributed by atoms with Gasteiger partial charge in [-0.3, -0.25) is 9.48 Å². The number of ether oxygens (including phenoxy) is 1. The number of nitrogens with zero attached hydrogens (tertiary/aromatic N) is 2. The molecule has 0 atom stereocenters. The molecule has 6 nitrogen and oxygen atoms in total. The highest BCUT2D eigenvalue weighted by Gasteiger charge is 2.00. The van der Waals surface area contributed by atoms with E-state index in [-0.39, 0.29) is 5.91 Å². The lowest BCUT2D eigenvalue weighted by Crippen LogP contribution is -2.30. The summed E-state index contributed by atoms with van der Waals surface area (Å²) in [5.74, 6) is 0.0556. The van der Waals surface area contributed by atoms with Crippen LogP contribution < -0.4 is 10.6 Å². The Hall–Kier alpha value is -1.40. The predicted octanol–water partition coefficient (Wildman–Crippen LogP) is -0.295. The van der Waals surface area contributed by atoms with E-state index in [4.69, 9.17) is 4.74 Å². The van der Waals surface area contributed by atoms with Crippen LogP contribution >= 0.6 is 0 Å². The lowest BCUT2D eigenvalue weighted by molar-refractivity contribution is -0.121. The number of hydrogen-bond acceptors (Lipinski definition) is 4. The molecule has 6 heteroatoms. The number of methoxy groups -OCH3 is 1. The molecule has 0 aliphatic heterocycles. The predicted molar refractivity (Wildman–Crippen MR) is 69.3 cm³/mol. The molecule has 2 N–H and O–H groups in total. The van der Waals surface area contributed by atoms with Crippen molar-refractivity contribution in [3.8, 4) is 0 Å². The number of nitrogens with one attached hydrogen (secondary N) is 2. The summed E-state index contributed by atoms with van der Waals surface area (Å²) in [6, 6.07) is 2.00. The molecule has 0 radical (unpaired) electrons. The summed E-state index contributed by atoms with van der Waals surface area (Å²) < 4.78 is 6.71. The van der Waals surface area contributed by atoms with E-state index < -0.39 is 0 Å². The van der Waals surface area contributed by atoms with Crippen molar-refractivity contribution in [2.75, 3.05) is 33.4 Å². The first-order valence-electron chi connectivity index (χ1n) is 6.17. The van der Waals surface area contributed by atoms with Gasteiger partial charge in [-0.15, -0.1) is 0 Å². The second-order valence-electron chi connectivity index (χ2n) is 4.04. The Labute approximate surface area is 108 Å². The van der Waals surface area contributed by atoms with Gasteiger partial charge in [-0.2, -0.15) is 5.10 Å². The van der Waals surface area contributed by atoms with Crippen molar-refractivity contribution in [2.45, 2.75) is 12.8 Å². The van der Waals surface area contributed by atoms with Crippen molar-refractivity contribution in [3.05, 3.63) is 18.0 Å². The first-order chi connectivity index (χ1) is 8.74. The van der Waals surface area contributed by atoms with Crippen LogP contribution in [0.1, 0.15) is 12.1 Å². The van der Waals surface area contributed by atoms with E-state index in [1.165, 1.54) is 5.69 Å². The summed E-state index contributed by atoms with van der Waals surface area (Å²) in [5, 5.41) is 10.1. The fourth-order valence-corrected chi connectivity index (χ4v) is 1.57. The molecule has 1 amide bonds. The van der Waals surface area contributed by atoms with Crippen LogP contribution in [0.15, 0.2) is 12.3 Å². The van der Waals surface area contributed by atoms with E-state index >= 15 is 0 Å². The maximum Gasteiger partial charge on any atom is 0.221 e. The summed E-state index contributed by atoms with van der Waals surface area (Å²) >= 11 is 0. The van der Waals surface area contributed by atoms with Gasteiger partial charge in [-0.1, -0.05) is 0 Å². The average molecular weight is 254 g/mol. The first kappa shape index (κ1) is 14.7. The number of aromatic nitrogens is 2. The molecule has 0 bridgehead atoms. The molecule has 0 aromatic carbocycles. The van der Waals surface area contributed by atoms with Crippen LogP contribution in [-0.2, 0) is 23.0 Å². The van der Waals surface area contributed by atoms with E-state index in [2.05, 4.69) is 15.7 Å². The molecule has 0 saturated heterocycles. The van der Waals surface area contributed by atoms with Crippen molar-refractivity contribution in [1.82, 2.24) is 20.4 Å². The first-order valence-corrected chi connectivity index (χ1v) is 6.17. The zero-order valence-electron chi connectivity index (χ0n) is 11.1. The van der Waals surface area contributed by atoms with E-state index in [1.54, 1.807) is 13.3 Å². The normalized spacial score (nSPS) is 10.6. The molecule has 0 aliphatic rings. The van der Waals surface area contributed by atoms with Crippen molar-refractivity contribution < 1.29 is 9.53 Å². The molecule has 1 aromatic rings. The molecule has 0 saturated carbocycles. The third-order valence-electron chi connectivity index (χ3n) is 2.64. The van der Waals surface area contributed by atoms with Crippen LogP contribution in [0.3, 0.4) is 0 Å². The van der Waals surface area contributed by atoms with Crippen molar-refractivity contribution in [2.24, 2.45) is 7.05 Å². The van der Waals surface area contributed by atoms with Crippen molar-refractivity contribution >= 4 is 5.91 Å². The Balaban J connectivity index is 1.98. The third kappa shape index (κ3) is 5.79. The fourth-order valence-electron chi connectivity index (χ4n) is 1.57. The largest absolute Gasteiger partial charge is 0.383 e. The van der Waals surface area contributed by atoms with Crippen molar-refractivity contribution in [1.29, 1.82) is 0 Å². The Kier molecular flexibility index (Phi) is 7.05. The molecule has 0 fully saturated rings. The maximum atomic E-state index is 11.3. The Morgan fingerprint density at radius 2 is 2.28 bits per heavy atom. The van der Waals surface area contributed by atoms with Gasteiger partial charge in [0.2, 0.25) is 5.91 Å². The average Bonchev–Trinajstić information content (AvgIpc) is 2.75. The van der Waals surface area contributed by atoms with Crippen LogP contribution in [0.5, 0.6) is 0 Å². The molecule has 0 spiro atoms. The number of carbonyl (C=O) groups excluding carboxylic acids is 1. The van der Waals surface area contributed by atoms with Gasteiger partial charge >= 0.3 is 0 Å². The standard InChI is InChI=1S/C12H22N4O2/c1-16-11(4-8-15-16)3-6-13-7-5-12(17)14-9-10-18-2/h4,8,13H,3,5-7,9-10H2,1-2H3,(H,14,17). The summed E-state index contributed by atoms with van der Waals surface area (Å²) in [6.45, 7) is 2.67. The smallest absolute Gasteiger partial charge is 0.221 e. The highest BCUT2D eigenvalue weighted by molar-refractivity contribution is 5.75. The summed E-state index contributed by atoms with van der Waals surface area (Å²) in [4.78, 5) is 11.3. The van der Waals surface area contributed by atoms with E-state index in [9.17, 15) is 4.79 Å². The van der Waals surface area contributed by atoms with Gasteiger partial charge in [0.1, 0.15) is 0 Å². The topological polar surface area (TPSA) is 68.2 Å². The zero-order chi connectivity index (χ0) is 13.2. The number of carbonyl (C=O) groups is 1. The monoisotopic (exact) mass is 254 g/mol. The fraction of sp³-hybridized carbons (Fsp3) is 0.667. The minimum Gasteiger partial charge on any atom is -0.383 e. The molecule has 0 aliphatic carbocycles. The van der Waals surface area contributed by atoms with Gasteiger partial charge in [-0.05, 0) is 6.07 Å².